The molecule has 0 saturated heterocycles. The van der Waals surface area contributed by atoms with Gasteiger partial charge in [-0.15, -0.1) is 11.3 Å². The number of rotatable bonds is 3. The lowest BCUT2D eigenvalue weighted by molar-refractivity contribution is 0.252. The Balaban J connectivity index is 1.84. The summed E-state index contributed by atoms with van der Waals surface area (Å²) in [5, 5.41) is 7.64. The average Bonchev–Trinajstić information content (AvgIpc) is 2.74. The van der Waals surface area contributed by atoms with Crippen molar-refractivity contribution in [2.45, 2.75) is 13.5 Å². The predicted molar refractivity (Wildman–Crippen MR) is 71.4 cm³/mol. The Morgan fingerprint density at radius 3 is 2.65 bits per heavy atom. The third kappa shape index (κ3) is 3.32. The van der Waals surface area contributed by atoms with Crippen molar-refractivity contribution in [2.24, 2.45) is 0 Å². The third-order valence-corrected chi connectivity index (χ3v) is 3.43. The summed E-state index contributed by atoms with van der Waals surface area (Å²) in [5.74, 6) is 0. The van der Waals surface area contributed by atoms with Gasteiger partial charge in [0.05, 0.1) is 6.54 Å². The minimum atomic E-state index is -0.177. The number of thiophene rings is 1. The minimum absolute atomic E-state index is 0.177. The highest BCUT2D eigenvalue weighted by Gasteiger charge is 2.03. The summed E-state index contributed by atoms with van der Waals surface area (Å²) in [7, 11) is 0. The first-order chi connectivity index (χ1) is 8.25. The fraction of sp³-hybridized carbons (Fsp3) is 0.154. The topological polar surface area (TPSA) is 41.1 Å². The van der Waals surface area contributed by atoms with Crippen LogP contribution in [0.1, 0.15) is 10.4 Å². The number of benzene rings is 1. The number of aryl methyl sites for hydroxylation is 1. The van der Waals surface area contributed by atoms with Crippen LogP contribution in [0.15, 0.2) is 41.8 Å². The van der Waals surface area contributed by atoms with Gasteiger partial charge in [0.25, 0.3) is 0 Å². The molecule has 1 aromatic carbocycles. The van der Waals surface area contributed by atoms with Crippen molar-refractivity contribution in [1.29, 1.82) is 0 Å². The van der Waals surface area contributed by atoms with E-state index in [0.717, 1.165) is 5.69 Å². The molecule has 0 atom stereocenters. The van der Waals surface area contributed by atoms with Crippen molar-refractivity contribution >= 4 is 23.1 Å². The normalized spacial score (nSPS) is 9.94. The van der Waals surface area contributed by atoms with Gasteiger partial charge in [-0.05, 0) is 36.1 Å². The fourth-order valence-electron chi connectivity index (χ4n) is 1.44. The second-order valence-corrected chi connectivity index (χ2v) is 4.70. The van der Waals surface area contributed by atoms with Gasteiger partial charge < -0.3 is 10.6 Å². The number of para-hydroxylation sites is 1. The van der Waals surface area contributed by atoms with E-state index >= 15 is 0 Å². The van der Waals surface area contributed by atoms with Crippen LogP contribution in [0.25, 0.3) is 0 Å². The van der Waals surface area contributed by atoms with Gasteiger partial charge in [0, 0.05) is 10.6 Å². The van der Waals surface area contributed by atoms with Gasteiger partial charge in [-0.2, -0.15) is 0 Å². The summed E-state index contributed by atoms with van der Waals surface area (Å²) in [5.41, 5.74) is 2.02. The highest BCUT2D eigenvalue weighted by atomic mass is 32.1. The molecular weight excluding hydrogens is 232 g/mol. The highest BCUT2D eigenvalue weighted by Crippen LogP contribution is 2.14. The first-order valence-electron chi connectivity index (χ1n) is 5.38. The van der Waals surface area contributed by atoms with Crippen LogP contribution in [-0.2, 0) is 6.54 Å². The van der Waals surface area contributed by atoms with Crippen LogP contribution >= 0.6 is 11.3 Å². The highest BCUT2D eigenvalue weighted by molar-refractivity contribution is 7.10. The molecule has 0 saturated carbocycles. The predicted octanol–water partition coefficient (Wildman–Crippen LogP) is 3.38. The van der Waals surface area contributed by atoms with E-state index in [1.54, 1.807) is 11.3 Å². The molecule has 2 N–H and O–H groups in total. The number of hydrogen-bond donors (Lipinski definition) is 2. The Labute approximate surface area is 104 Å². The van der Waals surface area contributed by atoms with E-state index in [9.17, 15) is 4.79 Å². The molecule has 2 amide bonds. The van der Waals surface area contributed by atoms with Gasteiger partial charge >= 0.3 is 6.03 Å². The molecule has 1 aromatic heterocycles. The van der Waals surface area contributed by atoms with E-state index in [4.69, 9.17) is 0 Å². The Morgan fingerprint density at radius 2 is 2.00 bits per heavy atom. The van der Waals surface area contributed by atoms with Crippen LogP contribution in [0.5, 0.6) is 0 Å². The van der Waals surface area contributed by atoms with Gasteiger partial charge in [0.2, 0.25) is 0 Å². The summed E-state index contributed by atoms with van der Waals surface area (Å²) in [6, 6.07) is 11.3. The molecule has 0 aliphatic heterocycles. The maximum absolute atomic E-state index is 11.6. The molecule has 4 heteroatoms. The molecule has 0 spiro atoms. The number of nitrogens with one attached hydrogen (secondary N) is 2. The van der Waals surface area contributed by atoms with Gasteiger partial charge in [0.1, 0.15) is 0 Å². The van der Waals surface area contributed by atoms with Gasteiger partial charge in [-0.25, -0.2) is 4.79 Å². The van der Waals surface area contributed by atoms with Crippen LogP contribution in [0.4, 0.5) is 10.5 Å². The van der Waals surface area contributed by atoms with Crippen molar-refractivity contribution in [3.63, 3.8) is 0 Å². The van der Waals surface area contributed by atoms with Gasteiger partial charge in [0.15, 0.2) is 0 Å². The molecule has 17 heavy (non-hydrogen) atoms. The number of amides is 2. The lowest BCUT2D eigenvalue weighted by Crippen LogP contribution is -2.27. The third-order valence-electron chi connectivity index (χ3n) is 2.41. The SMILES string of the molecule is Cc1ccsc1CNC(=O)Nc1ccccc1. The second kappa shape index (κ2) is 5.50. The number of anilines is 1. The van der Waals surface area contributed by atoms with E-state index in [1.165, 1.54) is 10.4 Å². The van der Waals surface area contributed by atoms with Crippen molar-refractivity contribution in [2.75, 3.05) is 5.32 Å². The molecular formula is C13H14N2OS. The zero-order valence-corrected chi connectivity index (χ0v) is 10.4. The molecule has 1 heterocycles. The van der Waals surface area contributed by atoms with E-state index in [0.29, 0.717) is 6.54 Å². The molecule has 2 rings (SSSR count). The molecule has 0 radical (unpaired) electrons. The summed E-state index contributed by atoms with van der Waals surface area (Å²) in [6.45, 7) is 2.62. The largest absolute Gasteiger partial charge is 0.333 e. The smallest absolute Gasteiger partial charge is 0.319 e. The van der Waals surface area contributed by atoms with Crippen LogP contribution in [0.3, 0.4) is 0 Å². The first-order valence-corrected chi connectivity index (χ1v) is 6.26. The van der Waals surface area contributed by atoms with E-state index in [2.05, 4.69) is 16.7 Å². The molecule has 0 unspecified atom stereocenters. The number of carbonyl (C=O) groups excluding carboxylic acids is 1. The maximum atomic E-state index is 11.6. The number of carbonyl (C=O) groups is 1. The summed E-state index contributed by atoms with van der Waals surface area (Å²) in [6.07, 6.45) is 0. The molecule has 2 aromatic rings. The Kier molecular flexibility index (Phi) is 3.77. The van der Waals surface area contributed by atoms with Crippen molar-refractivity contribution in [1.82, 2.24) is 5.32 Å². The van der Waals surface area contributed by atoms with Crippen LogP contribution in [0, 0.1) is 6.92 Å². The zero-order valence-electron chi connectivity index (χ0n) is 9.57. The van der Waals surface area contributed by atoms with Gasteiger partial charge in [-0.3, -0.25) is 0 Å². The quantitative estimate of drug-likeness (QED) is 0.856. The molecule has 3 nitrogen and oxygen atoms in total. The van der Waals surface area contributed by atoms with E-state index in [-0.39, 0.29) is 6.03 Å². The van der Waals surface area contributed by atoms with Crippen LogP contribution in [0.2, 0.25) is 0 Å². The summed E-state index contributed by atoms with van der Waals surface area (Å²) < 4.78 is 0. The first kappa shape index (κ1) is 11.7. The average molecular weight is 246 g/mol. The monoisotopic (exact) mass is 246 g/mol. The van der Waals surface area contributed by atoms with Crippen molar-refractivity contribution < 1.29 is 4.79 Å². The summed E-state index contributed by atoms with van der Waals surface area (Å²) >= 11 is 1.66. The standard InChI is InChI=1S/C13H14N2OS/c1-10-7-8-17-12(10)9-14-13(16)15-11-5-3-2-4-6-11/h2-8H,9H2,1H3,(H2,14,15,16). The zero-order chi connectivity index (χ0) is 12.1. The fourth-order valence-corrected chi connectivity index (χ4v) is 2.29. The van der Waals surface area contributed by atoms with Crippen LogP contribution in [-0.4, -0.2) is 6.03 Å². The Morgan fingerprint density at radius 1 is 1.24 bits per heavy atom. The number of urea groups is 1. The Bertz CT molecular complexity index is 493. The molecule has 0 fully saturated rings. The number of hydrogen-bond acceptors (Lipinski definition) is 2. The second-order valence-electron chi connectivity index (χ2n) is 3.70. The summed E-state index contributed by atoms with van der Waals surface area (Å²) in [4.78, 5) is 12.8. The van der Waals surface area contributed by atoms with Crippen LogP contribution < -0.4 is 10.6 Å². The molecule has 88 valence electrons. The van der Waals surface area contributed by atoms with Gasteiger partial charge in [-0.1, -0.05) is 18.2 Å². The lowest BCUT2D eigenvalue weighted by atomic mass is 10.3. The minimum Gasteiger partial charge on any atom is -0.333 e. The Hall–Kier alpha value is -1.81. The molecule has 0 aliphatic rings. The van der Waals surface area contributed by atoms with E-state index in [1.807, 2.05) is 42.6 Å². The molecule has 0 bridgehead atoms. The van der Waals surface area contributed by atoms with E-state index < -0.39 is 0 Å². The lowest BCUT2D eigenvalue weighted by Gasteiger charge is -2.06. The maximum Gasteiger partial charge on any atom is 0.319 e. The molecule has 0 aliphatic carbocycles. The van der Waals surface area contributed by atoms with Crippen molar-refractivity contribution in [3.8, 4) is 0 Å². The van der Waals surface area contributed by atoms with Crippen molar-refractivity contribution in [3.05, 3.63) is 52.2 Å².